The Balaban J connectivity index is 1.42. The van der Waals surface area contributed by atoms with Gasteiger partial charge in [-0.1, -0.05) is 11.6 Å². The van der Waals surface area contributed by atoms with Gasteiger partial charge < -0.3 is 9.80 Å². The van der Waals surface area contributed by atoms with Crippen LogP contribution in [-0.4, -0.2) is 53.5 Å². The van der Waals surface area contributed by atoms with Crippen LogP contribution in [0.5, 0.6) is 0 Å². The first-order valence-electron chi connectivity index (χ1n) is 9.08. The van der Waals surface area contributed by atoms with Gasteiger partial charge in [-0.05, 0) is 56.4 Å². The molecule has 2 fully saturated rings. The molecule has 2 saturated heterocycles. The zero-order valence-corrected chi connectivity index (χ0v) is 16.0. The molecular weight excluding hydrogens is 356 g/mol. The second-order valence-electron chi connectivity index (χ2n) is 6.78. The molecular formula is C19H25ClN2O2S. The Bertz CT molecular complexity index is 594. The molecule has 0 bridgehead atoms. The zero-order chi connectivity index (χ0) is 17.6. The minimum Gasteiger partial charge on any atom is -0.342 e. The number of carbonyl (C=O) groups excluding carboxylic acids is 2. The maximum atomic E-state index is 12.6. The molecule has 0 aliphatic carbocycles. The van der Waals surface area contributed by atoms with Gasteiger partial charge in [0.1, 0.15) is 0 Å². The van der Waals surface area contributed by atoms with Crippen molar-refractivity contribution in [2.24, 2.45) is 5.92 Å². The number of likely N-dealkylation sites (tertiary alicyclic amines) is 2. The highest BCUT2D eigenvalue weighted by Crippen LogP contribution is 2.24. The van der Waals surface area contributed by atoms with Crippen molar-refractivity contribution in [3.63, 3.8) is 0 Å². The minimum atomic E-state index is 0.103. The fraction of sp³-hybridized carbons (Fsp3) is 0.579. The summed E-state index contributed by atoms with van der Waals surface area (Å²) >= 11 is 7.41. The Morgan fingerprint density at radius 3 is 2.24 bits per heavy atom. The van der Waals surface area contributed by atoms with E-state index in [-0.39, 0.29) is 11.8 Å². The van der Waals surface area contributed by atoms with Crippen molar-refractivity contribution in [1.29, 1.82) is 0 Å². The Morgan fingerprint density at radius 2 is 1.60 bits per heavy atom. The molecule has 136 valence electrons. The Morgan fingerprint density at radius 1 is 0.960 bits per heavy atom. The van der Waals surface area contributed by atoms with Crippen LogP contribution >= 0.6 is 23.4 Å². The van der Waals surface area contributed by atoms with E-state index in [9.17, 15) is 9.59 Å². The summed E-state index contributed by atoms with van der Waals surface area (Å²) < 4.78 is 0. The van der Waals surface area contributed by atoms with Crippen molar-refractivity contribution in [2.45, 2.75) is 37.0 Å². The third-order valence-corrected chi connectivity index (χ3v) is 6.29. The summed E-state index contributed by atoms with van der Waals surface area (Å²) in [6, 6.07) is 7.55. The molecule has 0 unspecified atom stereocenters. The Hall–Kier alpha value is -1.20. The fourth-order valence-corrected chi connectivity index (χ4v) is 4.44. The molecule has 0 saturated carbocycles. The lowest BCUT2D eigenvalue weighted by Gasteiger charge is -2.35. The summed E-state index contributed by atoms with van der Waals surface area (Å²) in [4.78, 5) is 30.0. The van der Waals surface area contributed by atoms with Crippen LogP contribution in [0.1, 0.15) is 32.1 Å². The van der Waals surface area contributed by atoms with E-state index in [1.54, 1.807) is 0 Å². The van der Waals surface area contributed by atoms with Gasteiger partial charge >= 0.3 is 0 Å². The average Bonchev–Trinajstić information content (AvgIpc) is 2.67. The van der Waals surface area contributed by atoms with Crippen molar-refractivity contribution in [1.82, 2.24) is 9.80 Å². The molecule has 1 aromatic rings. The monoisotopic (exact) mass is 380 g/mol. The Labute approximate surface area is 158 Å². The van der Waals surface area contributed by atoms with Crippen molar-refractivity contribution in [3.05, 3.63) is 29.3 Å². The average molecular weight is 381 g/mol. The van der Waals surface area contributed by atoms with E-state index in [4.69, 9.17) is 11.6 Å². The van der Waals surface area contributed by atoms with E-state index in [1.807, 2.05) is 34.1 Å². The number of nitrogens with zero attached hydrogens (tertiary/aromatic N) is 2. The van der Waals surface area contributed by atoms with Gasteiger partial charge in [0.25, 0.3) is 0 Å². The predicted octanol–water partition coefficient (Wildman–Crippen LogP) is 3.68. The standard InChI is InChI=1S/C19H25ClN2O2S/c20-16-4-6-17(7-5-16)25-14-18(23)21-12-8-15(9-13-21)19(24)22-10-2-1-3-11-22/h4-7,15H,1-3,8-14H2. The van der Waals surface area contributed by atoms with Crippen LogP contribution in [0.25, 0.3) is 0 Å². The van der Waals surface area contributed by atoms with Crippen molar-refractivity contribution < 1.29 is 9.59 Å². The lowest BCUT2D eigenvalue weighted by Crippen LogP contribution is -2.46. The number of halogens is 1. The smallest absolute Gasteiger partial charge is 0.232 e. The zero-order valence-electron chi connectivity index (χ0n) is 14.5. The number of hydrogen-bond donors (Lipinski definition) is 0. The van der Waals surface area contributed by atoms with E-state index in [2.05, 4.69) is 0 Å². The van der Waals surface area contributed by atoms with E-state index >= 15 is 0 Å². The predicted molar refractivity (Wildman–Crippen MR) is 102 cm³/mol. The van der Waals surface area contributed by atoms with Crippen LogP contribution in [0.3, 0.4) is 0 Å². The molecule has 3 rings (SSSR count). The largest absolute Gasteiger partial charge is 0.342 e. The molecule has 0 radical (unpaired) electrons. The lowest BCUT2D eigenvalue weighted by atomic mass is 9.94. The third kappa shape index (κ3) is 5.14. The van der Waals surface area contributed by atoms with Crippen molar-refractivity contribution >= 4 is 35.2 Å². The molecule has 2 aliphatic heterocycles. The number of hydrogen-bond acceptors (Lipinski definition) is 3. The molecule has 6 heteroatoms. The second kappa shape index (κ2) is 8.95. The summed E-state index contributed by atoms with van der Waals surface area (Å²) in [6.45, 7) is 3.22. The fourth-order valence-electron chi connectivity index (χ4n) is 3.52. The van der Waals surface area contributed by atoms with E-state index in [1.165, 1.54) is 18.2 Å². The highest BCUT2D eigenvalue weighted by molar-refractivity contribution is 8.00. The van der Waals surface area contributed by atoms with E-state index < -0.39 is 0 Å². The summed E-state index contributed by atoms with van der Waals surface area (Å²) in [5.41, 5.74) is 0. The maximum Gasteiger partial charge on any atom is 0.232 e. The van der Waals surface area contributed by atoms with Crippen LogP contribution in [0.4, 0.5) is 0 Å². The molecule has 0 atom stereocenters. The first-order chi connectivity index (χ1) is 12.1. The van der Waals surface area contributed by atoms with Gasteiger partial charge in [0.05, 0.1) is 5.75 Å². The van der Waals surface area contributed by atoms with Gasteiger partial charge in [-0.2, -0.15) is 0 Å². The quantitative estimate of drug-likeness (QED) is 0.748. The summed E-state index contributed by atoms with van der Waals surface area (Å²) in [6.07, 6.45) is 5.09. The van der Waals surface area contributed by atoms with Crippen LogP contribution in [0, 0.1) is 5.92 Å². The lowest BCUT2D eigenvalue weighted by molar-refractivity contribution is -0.140. The number of rotatable bonds is 4. The first-order valence-corrected chi connectivity index (χ1v) is 10.4. The number of amides is 2. The number of thioether (sulfide) groups is 1. The SMILES string of the molecule is O=C(CSc1ccc(Cl)cc1)N1CCC(C(=O)N2CCCCC2)CC1. The molecule has 25 heavy (non-hydrogen) atoms. The first kappa shape index (κ1) is 18.6. The molecule has 1 aromatic carbocycles. The minimum absolute atomic E-state index is 0.103. The molecule has 0 aromatic heterocycles. The molecule has 0 spiro atoms. The number of piperidine rings is 2. The van der Waals surface area contributed by atoms with Crippen LogP contribution in [-0.2, 0) is 9.59 Å². The normalized spacial score (nSPS) is 19.1. The number of benzene rings is 1. The highest BCUT2D eigenvalue weighted by Gasteiger charge is 2.30. The second-order valence-corrected chi connectivity index (χ2v) is 8.27. The third-order valence-electron chi connectivity index (χ3n) is 5.04. The van der Waals surface area contributed by atoms with Gasteiger partial charge in [-0.3, -0.25) is 9.59 Å². The molecule has 2 heterocycles. The van der Waals surface area contributed by atoms with Crippen molar-refractivity contribution in [3.8, 4) is 0 Å². The number of carbonyl (C=O) groups is 2. The van der Waals surface area contributed by atoms with E-state index in [0.717, 1.165) is 43.7 Å². The van der Waals surface area contributed by atoms with Gasteiger partial charge in [0.2, 0.25) is 11.8 Å². The molecule has 0 N–H and O–H groups in total. The van der Waals surface area contributed by atoms with Gasteiger partial charge in [-0.25, -0.2) is 0 Å². The topological polar surface area (TPSA) is 40.6 Å². The van der Waals surface area contributed by atoms with E-state index in [0.29, 0.717) is 29.8 Å². The van der Waals surface area contributed by atoms with Gasteiger partial charge in [0.15, 0.2) is 0 Å². The van der Waals surface area contributed by atoms with Gasteiger partial charge in [0, 0.05) is 42.0 Å². The highest BCUT2D eigenvalue weighted by atomic mass is 35.5. The molecule has 2 aliphatic rings. The van der Waals surface area contributed by atoms with Crippen LogP contribution < -0.4 is 0 Å². The molecule has 4 nitrogen and oxygen atoms in total. The van der Waals surface area contributed by atoms with Crippen LogP contribution in [0.2, 0.25) is 5.02 Å². The summed E-state index contributed by atoms with van der Waals surface area (Å²) in [7, 11) is 0. The van der Waals surface area contributed by atoms with Gasteiger partial charge in [-0.15, -0.1) is 11.8 Å². The molecule has 2 amide bonds. The summed E-state index contributed by atoms with van der Waals surface area (Å²) in [5, 5.41) is 0.705. The van der Waals surface area contributed by atoms with Crippen molar-refractivity contribution in [2.75, 3.05) is 31.9 Å². The maximum absolute atomic E-state index is 12.6. The summed E-state index contributed by atoms with van der Waals surface area (Å²) in [5.74, 6) is 1.00. The Kier molecular flexibility index (Phi) is 6.65. The van der Waals surface area contributed by atoms with Crippen LogP contribution in [0.15, 0.2) is 29.2 Å².